The quantitative estimate of drug-likeness (QED) is 0.702. The third kappa shape index (κ3) is 5.61. The Kier molecular flexibility index (Phi) is 6.15. The van der Waals surface area contributed by atoms with Crippen molar-refractivity contribution in [2.24, 2.45) is 5.73 Å². The first-order valence-corrected chi connectivity index (χ1v) is 6.30. The molecule has 1 unspecified atom stereocenters. The lowest BCUT2D eigenvalue weighted by molar-refractivity contribution is -0.137. The van der Waals surface area contributed by atoms with E-state index in [1.807, 2.05) is 19.1 Å². The van der Waals surface area contributed by atoms with Crippen molar-refractivity contribution in [3.8, 4) is 11.5 Å². The maximum Gasteiger partial charge on any atom is 0.303 e. The van der Waals surface area contributed by atoms with Gasteiger partial charge in [-0.15, -0.1) is 0 Å². The van der Waals surface area contributed by atoms with Crippen LogP contribution in [0, 0.1) is 0 Å². The number of methoxy groups -OCH3 is 1. The molecular weight excluding hydrogens is 246 g/mol. The Morgan fingerprint density at radius 1 is 1.47 bits per heavy atom. The number of carbonyl (C=O) groups is 1. The molecule has 1 aromatic carbocycles. The van der Waals surface area contributed by atoms with Crippen LogP contribution in [0.15, 0.2) is 18.2 Å². The summed E-state index contributed by atoms with van der Waals surface area (Å²) in [6, 6.07) is 5.64. The summed E-state index contributed by atoms with van der Waals surface area (Å²) in [4.78, 5) is 10.4. The van der Waals surface area contributed by atoms with Gasteiger partial charge in [-0.2, -0.15) is 0 Å². The molecule has 0 aliphatic carbocycles. The van der Waals surface area contributed by atoms with Gasteiger partial charge in [0, 0.05) is 18.5 Å². The molecule has 0 radical (unpaired) electrons. The van der Waals surface area contributed by atoms with Crippen molar-refractivity contribution in [1.29, 1.82) is 0 Å². The standard InChI is InChI=1S/C14H21NO4/c1-10(15)8-11-5-6-12(9-13(11)18-2)19-7-3-4-14(16)17/h5-6,9-10H,3-4,7-8,15H2,1-2H3,(H,16,17). The molecule has 1 rings (SSSR count). The van der Waals surface area contributed by atoms with Gasteiger partial charge in [-0.25, -0.2) is 0 Å². The number of carboxylic acids is 1. The third-order valence-electron chi connectivity index (χ3n) is 2.60. The van der Waals surface area contributed by atoms with E-state index in [1.165, 1.54) is 0 Å². The van der Waals surface area contributed by atoms with Gasteiger partial charge in [-0.3, -0.25) is 4.79 Å². The number of benzene rings is 1. The fraction of sp³-hybridized carbons (Fsp3) is 0.500. The van der Waals surface area contributed by atoms with Crippen molar-refractivity contribution in [3.05, 3.63) is 23.8 Å². The summed E-state index contributed by atoms with van der Waals surface area (Å²) in [6.07, 6.45) is 1.33. The van der Waals surface area contributed by atoms with E-state index < -0.39 is 5.97 Å². The number of hydrogen-bond donors (Lipinski definition) is 2. The van der Waals surface area contributed by atoms with Crippen molar-refractivity contribution < 1.29 is 19.4 Å². The maximum absolute atomic E-state index is 10.4. The van der Waals surface area contributed by atoms with Crippen LogP contribution in [0.3, 0.4) is 0 Å². The van der Waals surface area contributed by atoms with E-state index in [2.05, 4.69) is 0 Å². The molecule has 0 saturated carbocycles. The molecule has 106 valence electrons. The summed E-state index contributed by atoms with van der Waals surface area (Å²) in [6.45, 7) is 2.32. The smallest absolute Gasteiger partial charge is 0.303 e. The summed E-state index contributed by atoms with van der Waals surface area (Å²) < 4.78 is 10.8. The number of hydrogen-bond acceptors (Lipinski definition) is 4. The second kappa shape index (κ2) is 7.63. The fourth-order valence-electron chi connectivity index (χ4n) is 1.74. The maximum atomic E-state index is 10.4. The molecule has 19 heavy (non-hydrogen) atoms. The lowest BCUT2D eigenvalue weighted by Gasteiger charge is -2.13. The lowest BCUT2D eigenvalue weighted by Crippen LogP contribution is -2.18. The van der Waals surface area contributed by atoms with Crippen molar-refractivity contribution in [3.63, 3.8) is 0 Å². The lowest BCUT2D eigenvalue weighted by atomic mass is 10.1. The molecule has 1 aromatic rings. The zero-order valence-corrected chi connectivity index (χ0v) is 11.4. The number of carboxylic acid groups (broad SMARTS) is 1. The Balaban J connectivity index is 2.58. The second-order valence-electron chi connectivity index (χ2n) is 4.50. The molecule has 0 saturated heterocycles. The van der Waals surface area contributed by atoms with Gasteiger partial charge in [0.1, 0.15) is 11.5 Å². The summed E-state index contributed by atoms with van der Waals surface area (Å²) >= 11 is 0. The van der Waals surface area contributed by atoms with Crippen molar-refractivity contribution in [2.45, 2.75) is 32.2 Å². The number of rotatable bonds is 8. The summed E-state index contributed by atoms with van der Waals surface area (Å²) in [5.74, 6) is 0.608. The van der Waals surface area contributed by atoms with Gasteiger partial charge in [0.2, 0.25) is 0 Å². The first-order valence-electron chi connectivity index (χ1n) is 6.30. The molecular formula is C14H21NO4. The molecule has 5 heteroatoms. The van der Waals surface area contributed by atoms with Crippen LogP contribution in [0.1, 0.15) is 25.3 Å². The van der Waals surface area contributed by atoms with Crippen LogP contribution in [0.25, 0.3) is 0 Å². The SMILES string of the molecule is COc1cc(OCCCC(=O)O)ccc1CC(C)N. The van der Waals surface area contributed by atoms with Gasteiger partial charge in [-0.1, -0.05) is 6.07 Å². The van der Waals surface area contributed by atoms with E-state index in [9.17, 15) is 4.79 Å². The molecule has 0 aromatic heterocycles. The number of ether oxygens (including phenoxy) is 2. The molecule has 0 fully saturated rings. The third-order valence-corrected chi connectivity index (χ3v) is 2.60. The van der Waals surface area contributed by atoms with Crippen LogP contribution in [0.2, 0.25) is 0 Å². The van der Waals surface area contributed by atoms with E-state index in [1.54, 1.807) is 13.2 Å². The number of nitrogens with two attached hydrogens (primary N) is 1. The van der Waals surface area contributed by atoms with Crippen molar-refractivity contribution in [2.75, 3.05) is 13.7 Å². The van der Waals surface area contributed by atoms with Crippen LogP contribution in [0.4, 0.5) is 0 Å². The van der Waals surface area contributed by atoms with Crippen molar-refractivity contribution >= 4 is 5.97 Å². The minimum absolute atomic E-state index is 0.0660. The van der Waals surface area contributed by atoms with Crippen LogP contribution in [0.5, 0.6) is 11.5 Å². The van der Waals surface area contributed by atoms with E-state index in [-0.39, 0.29) is 12.5 Å². The van der Waals surface area contributed by atoms with Gasteiger partial charge in [0.15, 0.2) is 0 Å². The molecule has 0 heterocycles. The van der Waals surface area contributed by atoms with E-state index >= 15 is 0 Å². The molecule has 1 atom stereocenters. The van der Waals surface area contributed by atoms with E-state index in [4.69, 9.17) is 20.3 Å². The average molecular weight is 267 g/mol. The molecule has 5 nitrogen and oxygen atoms in total. The summed E-state index contributed by atoms with van der Waals surface area (Å²) in [7, 11) is 1.61. The van der Waals surface area contributed by atoms with Gasteiger partial charge in [0.05, 0.1) is 13.7 Å². The highest BCUT2D eigenvalue weighted by atomic mass is 16.5. The minimum Gasteiger partial charge on any atom is -0.496 e. The molecule has 0 spiro atoms. The summed E-state index contributed by atoms with van der Waals surface area (Å²) in [5, 5.41) is 8.53. The number of aliphatic carboxylic acids is 1. The normalized spacial score (nSPS) is 11.9. The monoisotopic (exact) mass is 267 g/mol. The molecule has 0 aliphatic rings. The first kappa shape index (κ1) is 15.3. The summed E-state index contributed by atoms with van der Waals surface area (Å²) in [5.41, 5.74) is 6.81. The minimum atomic E-state index is -0.812. The van der Waals surface area contributed by atoms with Crippen molar-refractivity contribution in [1.82, 2.24) is 0 Å². The van der Waals surface area contributed by atoms with Gasteiger partial charge in [0.25, 0.3) is 0 Å². The topological polar surface area (TPSA) is 81.8 Å². The Hall–Kier alpha value is -1.75. The second-order valence-corrected chi connectivity index (χ2v) is 4.50. The predicted octanol–water partition coefficient (Wildman–Crippen LogP) is 1.83. The van der Waals surface area contributed by atoms with Gasteiger partial charge < -0.3 is 20.3 Å². The molecule has 0 aliphatic heterocycles. The van der Waals surface area contributed by atoms with Crippen LogP contribution in [-0.4, -0.2) is 30.8 Å². The fourth-order valence-corrected chi connectivity index (χ4v) is 1.74. The zero-order chi connectivity index (χ0) is 14.3. The molecule has 0 bridgehead atoms. The van der Waals surface area contributed by atoms with Gasteiger partial charge >= 0.3 is 5.97 Å². The molecule has 0 amide bonds. The first-order chi connectivity index (χ1) is 9.02. The highest BCUT2D eigenvalue weighted by Gasteiger charge is 2.07. The van der Waals surface area contributed by atoms with Gasteiger partial charge in [-0.05, 0) is 31.4 Å². The Morgan fingerprint density at radius 2 is 2.21 bits per heavy atom. The largest absolute Gasteiger partial charge is 0.496 e. The van der Waals surface area contributed by atoms with E-state index in [0.29, 0.717) is 18.8 Å². The van der Waals surface area contributed by atoms with Crippen LogP contribution < -0.4 is 15.2 Å². The highest BCUT2D eigenvalue weighted by Crippen LogP contribution is 2.25. The Labute approximate surface area is 113 Å². The Bertz CT molecular complexity index is 418. The predicted molar refractivity (Wildman–Crippen MR) is 72.7 cm³/mol. The van der Waals surface area contributed by atoms with Crippen LogP contribution in [-0.2, 0) is 11.2 Å². The Morgan fingerprint density at radius 3 is 2.79 bits per heavy atom. The van der Waals surface area contributed by atoms with Crippen LogP contribution >= 0.6 is 0 Å². The molecule has 3 N–H and O–H groups in total. The van der Waals surface area contributed by atoms with E-state index in [0.717, 1.165) is 17.7 Å². The average Bonchev–Trinajstić information content (AvgIpc) is 2.35. The zero-order valence-electron chi connectivity index (χ0n) is 11.4. The highest BCUT2D eigenvalue weighted by molar-refractivity contribution is 5.66.